The first kappa shape index (κ1) is 11.8. The molecule has 0 bridgehead atoms. The fraction of sp³-hybridized carbons (Fsp3) is 0.200. The van der Waals surface area contributed by atoms with Crippen LogP contribution in [-0.2, 0) is 5.60 Å². The van der Waals surface area contributed by atoms with Crippen LogP contribution in [0.3, 0.4) is 0 Å². The van der Waals surface area contributed by atoms with Crippen LogP contribution in [-0.4, -0.2) is 11.1 Å². The lowest BCUT2D eigenvalue weighted by molar-refractivity contribution is -0.446. The lowest BCUT2D eigenvalue weighted by Crippen LogP contribution is -2.68. The van der Waals surface area contributed by atoms with Gasteiger partial charge in [0, 0.05) is 0 Å². The van der Waals surface area contributed by atoms with E-state index in [-0.39, 0.29) is 6.04 Å². The van der Waals surface area contributed by atoms with E-state index in [9.17, 15) is 5.11 Å². The maximum atomic E-state index is 11.0. The number of quaternary nitrogens is 1. The van der Waals surface area contributed by atoms with Crippen LogP contribution < -0.4 is 5.73 Å². The van der Waals surface area contributed by atoms with Crippen molar-refractivity contribution in [2.75, 3.05) is 0 Å². The third kappa shape index (κ3) is 2.09. The fourth-order valence-corrected chi connectivity index (χ4v) is 2.12. The number of hydrogen-bond donors (Lipinski definition) is 2. The van der Waals surface area contributed by atoms with E-state index in [2.05, 4.69) is 5.73 Å². The minimum atomic E-state index is -1.03. The zero-order valence-corrected chi connectivity index (χ0v) is 10.0. The maximum absolute atomic E-state index is 11.0. The molecule has 0 unspecified atom stereocenters. The standard InChI is InChI=1S/C15H17NO/c1-12(16)15(17,13-8-4-2-5-9-13)14-10-6-3-7-11-14/h2-12,17H,16H2,1H3/p+1/t12-/m1/s1. The average molecular weight is 228 g/mol. The molecular formula is C15H18NO+. The Morgan fingerprint density at radius 1 is 0.882 bits per heavy atom. The molecule has 2 nitrogen and oxygen atoms in total. The normalized spacial score (nSPS) is 13.4. The molecule has 4 N–H and O–H groups in total. The smallest absolute Gasteiger partial charge is 0.166 e. The molecule has 0 aliphatic heterocycles. The quantitative estimate of drug-likeness (QED) is 0.822. The summed E-state index contributed by atoms with van der Waals surface area (Å²) in [4.78, 5) is 0. The van der Waals surface area contributed by atoms with Crippen LogP contribution in [0, 0.1) is 0 Å². The van der Waals surface area contributed by atoms with Crippen LogP contribution in [0.25, 0.3) is 0 Å². The Bertz CT molecular complexity index is 425. The van der Waals surface area contributed by atoms with Gasteiger partial charge in [0.25, 0.3) is 0 Å². The van der Waals surface area contributed by atoms with E-state index in [0.29, 0.717) is 0 Å². The SMILES string of the molecule is C[C@@H]([NH3+])C(O)(c1ccccc1)c1ccccc1. The first-order valence-electron chi connectivity index (χ1n) is 5.82. The van der Waals surface area contributed by atoms with Gasteiger partial charge in [0.15, 0.2) is 5.60 Å². The van der Waals surface area contributed by atoms with Gasteiger partial charge in [0.1, 0.15) is 6.04 Å². The summed E-state index contributed by atoms with van der Waals surface area (Å²) in [7, 11) is 0. The third-order valence-electron chi connectivity index (χ3n) is 3.14. The van der Waals surface area contributed by atoms with Crippen molar-refractivity contribution >= 4 is 0 Å². The summed E-state index contributed by atoms with van der Waals surface area (Å²) in [6, 6.07) is 19.3. The van der Waals surface area contributed by atoms with Crippen molar-refractivity contribution in [3.05, 3.63) is 71.8 Å². The molecule has 2 rings (SSSR count). The summed E-state index contributed by atoms with van der Waals surface area (Å²) in [6.45, 7) is 1.93. The average Bonchev–Trinajstić information content (AvgIpc) is 2.39. The van der Waals surface area contributed by atoms with Crippen molar-refractivity contribution in [3.63, 3.8) is 0 Å². The van der Waals surface area contributed by atoms with Gasteiger partial charge >= 0.3 is 0 Å². The maximum Gasteiger partial charge on any atom is 0.166 e. The second-order valence-corrected chi connectivity index (χ2v) is 4.40. The monoisotopic (exact) mass is 228 g/mol. The van der Waals surface area contributed by atoms with Gasteiger partial charge in [0.05, 0.1) is 0 Å². The summed E-state index contributed by atoms with van der Waals surface area (Å²) in [6.07, 6.45) is 0. The Kier molecular flexibility index (Phi) is 3.27. The largest absolute Gasteiger partial charge is 0.374 e. The van der Waals surface area contributed by atoms with E-state index in [0.717, 1.165) is 11.1 Å². The first-order chi connectivity index (χ1) is 8.15. The lowest BCUT2D eigenvalue weighted by atomic mass is 9.81. The Morgan fingerprint density at radius 2 is 1.24 bits per heavy atom. The van der Waals surface area contributed by atoms with Gasteiger partial charge in [-0.15, -0.1) is 0 Å². The Labute approximate surface area is 102 Å². The molecule has 0 radical (unpaired) electrons. The predicted octanol–water partition coefficient (Wildman–Crippen LogP) is 1.55. The van der Waals surface area contributed by atoms with Crippen LogP contribution in [0.15, 0.2) is 60.7 Å². The third-order valence-corrected chi connectivity index (χ3v) is 3.14. The molecule has 0 fully saturated rings. The molecule has 17 heavy (non-hydrogen) atoms. The molecule has 0 aliphatic rings. The number of rotatable bonds is 3. The highest BCUT2D eigenvalue weighted by Crippen LogP contribution is 2.31. The van der Waals surface area contributed by atoms with E-state index in [1.54, 1.807) is 0 Å². The molecule has 0 saturated carbocycles. The lowest BCUT2D eigenvalue weighted by Gasteiger charge is -2.30. The molecule has 88 valence electrons. The van der Waals surface area contributed by atoms with Crippen molar-refractivity contribution in [1.82, 2.24) is 0 Å². The highest BCUT2D eigenvalue weighted by molar-refractivity contribution is 5.36. The summed E-state index contributed by atoms with van der Waals surface area (Å²) in [5, 5.41) is 11.0. The zero-order valence-electron chi connectivity index (χ0n) is 10.0. The predicted molar refractivity (Wildman–Crippen MR) is 68.2 cm³/mol. The molecule has 2 heteroatoms. The molecule has 0 aliphatic carbocycles. The molecule has 0 spiro atoms. The minimum Gasteiger partial charge on any atom is -0.374 e. The van der Waals surface area contributed by atoms with Gasteiger partial charge in [-0.1, -0.05) is 60.7 Å². The fourth-order valence-electron chi connectivity index (χ4n) is 2.12. The van der Waals surface area contributed by atoms with Gasteiger partial charge < -0.3 is 10.8 Å². The molecule has 1 atom stereocenters. The Morgan fingerprint density at radius 3 is 1.53 bits per heavy atom. The van der Waals surface area contributed by atoms with Crippen molar-refractivity contribution < 1.29 is 10.8 Å². The molecular weight excluding hydrogens is 210 g/mol. The van der Waals surface area contributed by atoms with Gasteiger partial charge in [0.2, 0.25) is 0 Å². The van der Waals surface area contributed by atoms with E-state index < -0.39 is 5.60 Å². The van der Waals surface area contributed by atoms with Crippen molar-refractivity contribution in [2.45, 2.75) is 18.6 Å². The van der Waals surface area contributed by atoms with Gasteiger partial charge in [-0.05, 0) is 18.1 Å². The molecule has 2 aromatic rings. The number of hydrogen-bond acceptors (Lipinski definition) is 1. The Hall–Kier alpha value is -1.64. The van der Waals surface area contributed by atoms with Crippen LogP contribution in [0.4, 0.5) is 0 Å². The van der Waals surface area contributed by atoms with E-state index >= 15 is 0 Å². The summed E-state index contributed by atoms with van der Waals surface area (Å²) in [5.74, 6) is 0. The van der Waals surface area contributed by atoms with E-state index in [1.165, 1.54) is 0 Å². The topological polar surface area (TPSA) is 47.9 Å². The first-order valence-corrected chi connectivity index (χ1v) is 5.82. The molecule has 0 heterocycles. The van der Waals surface area contributed by atoms with Crippen molar-refractivity contribution in [2.24, 2.45) is 0 Å². The number of aliphatic hydroxyl groups is 1. The second kappa shape index (κ2) is 4.70. The summed E-state index contributed by atoms with van der Waals surface area (Å²) < 4.78 is 0. The number of benzene rings is 2. The van der Waals surface area contributed by atoms with Gasteiger partial charge in [-0.2, -0.15) is 0 Å². The van der Waals surface area contributed by atoms with Crippen LogP contribution >= 0.6 is 0 Å². The highest BCUT2D eigenvalue weighted by atomic mass is 16.3. The zero-order chi connectivity index (χ0) is 12.3. The Balaban J connectivity index is 2.55. The molecule has 0 amide bonds. The minimum absolute atomic E-state index is 0.132. The molecule has 0 saturated heterocycles. The van der Waals surface area contributed by atoms with Gasteiger partial charge in [-0.25, -0.2) is 0 Å². The van der Waals surface area contributed by atoms with Crippen LogP contribution in [0.5, 0.6) is 0 Å². The van der Waals surface area contributed by atoms with Crippen molar-refractivity contribution in [3.8, 4) is 0 Å². The second-order valence-electron chi connectivity index (χ2n) is 4.40. The van der Waals surface area contributed by atoms with E-state index in [1.807, 2.05) is 67.6 Å². The summed E-state index contributed by atoms with van der Waals surface area (Å²) >= 11 is 0. The molecule has 2 aromatic carbocycles. The van der Waals surface area contributed by atoms with Crippen LogP contribution in [0.2, 0.25) is 0 Å². The molecule has 0 aromatic heterocycles. The van der Waals surface area contributed by atoms with Crippen LogP contribution in [0.1, 0.15) is 18.1 Å². The van der Waals surface area contributed by atoms with E-state index in [4.69, 9.17) is 0 Å². The highest BCUT2D eigenvalue weighted by Gasteiger charge is 2.38. The van der Waals surface area contributed by atoms with Crippen molar-refractivity contribution in [1.29, 1.82) is 0 Å². The summed E-state index contributed by atoms with van der Waals surface area (Å²) in [5.41, 5.74) is 4.75. The van der Waals surface area contributed by atoms with Gasteiger partial charge in [-0.3, -0.25) is 0 Å².